The van der Waals surface area contributed by atoms with E-state index in [2.05, 4.69) is 168 Å². The lowest BCUT2D eigenvalue weighted by atomic mass is 10.0. The topological polar surface area (TPSA) is 21.3 Å². The van der Waals surface area contributed by atoms with Crippen molar-refractivity contribution in [3.63, 3.8) is 0 Å². The highest BCUT2D eigenvalue weighted by molar-refractivity contribution is 6.17. The van der Waals surface area contributed by atoms with E-state index in [9.17, 15) is 0 Å². The second-order valence-corrected chi connectivity index (χ2v) is 11.9. The number of furan rings is 1. The first kappa shape index (κ1) is 26.4. The molecule has 0 unspecified atom stereocenters. The van der Waals surface area contributed by atoms with Gasteiger partial charge in [0.2, 0.25) is 0 Å². The van der Waals surface area contributed by atoms with Crippen LogP contribution in [-0.2, 0) is 0 Å². The van der Waals surface area contributed by atoms with Crippen LogP contribution in [0.4, 0.5) is 11.4 Å². The monoisotopic (exact) mass is 590 g/mol. The molecule has 0 fully saturated rings. The van der Waals surface area contributed by atoms with Gasteiger partial charge in [-0.1, -0.05) is 109 Å². The summed E-state index contributed by atoms with van der Waals surface area (Å²) in [6.07, 6.45) is 0. The normalized spacial score (nSPS) is 11.6. The lowest BCUT2D eigenvalue weighted by molar-refractivity contribution is 0.669. The largest absolute Gasteiger partial charge is 0.456 e. The van der Waals surface area contributed by atoms with E-state index in [1.54, 1.807) is 0 Å². The van der Waals surface area contributed by atoms with Crippen LogP contribution >= 0.6 is 0 Å². The molecule has 0 saturated carbocycles. The van der Waals surface area contributed by atoms with Crippen LogP contribution in [0.15, 0.2) is 168 Å². The third-order valence-corrected chi connectivity index (χ3v) is 9.23. The lowest BCUT2D eigenvalue weighted by Crippen LogP contribution is -2.10. The third kappa shape index (κ3) is 4.21. The van der Waals surface area contributed by atoms with Gasteiger partial charge in [0.15, 0.2) is 0 Å². The van der Waals surface area contributed by atoms with Crippen molar-refractivity contribution in [1.29, 1.82) is 0 Å². The lowest BCUT2D eigenvalue weighted by Gasteiger charge is -2.23. The Kier molecular flexibility index (Phi) is 6.04. The predicted octanol–water partition coefficient (Wildman–Crippen LogP) is 11.8. The average molecular weight is 591 g/mol. The smallest absolute Gasteiger partial charge is 0.137 e. The van der Waals surface area contributed by atoms with Gasteiger partial charge in [0.05, 0.1) is 11.0 Å². The standard InChI is InChI=1S/C43H30N2O/c1-44(39-16-8-5-13-34(39)31-11-3-2-4-12-31)32-23-19-29(20-24-32)30-21-25-33(26-22-30)45-40-17-9-6-14-35(40)37-27-38-36-15-7-10-18-42(36)46-43(38)28-41(37)45/h2-28H,1H3. The Morgan fingerprint density at radius 3 is 1.91 bits per heavy atom. The maximum atomic E-state index is 6.29. The maximum Gasteiger partial charge on any atom is 0.137 e. The van der Waals surface area contributed by atoms with Crippen LogP contribution in [0.5, 0.6) is 0 Å². The number of para-hydroxylation sites is 3. The van der Waals surface area contributed by atoms with E-state index in [0.717, 1.165) is 38.8 Å². The minimum Gasteiger partial charge on any atom is -0.456 e. The van der Waals surface area contributed by atoms with E-state index in [0.29, 0.717) is 0 Å². The quantitative estimate of drug-likeness (QED) is 0.199. The van der Waals surface area contributed by atoms with Gasteiger partial charge in [0.25, 0.3) is 0 Å². The van der Waals surface area contributed by atoms with Crippen molar-refractivity contribution in [3.8, 4) is 27.9 Å². The fourth-order valence-electron chi connectivity index (χ4n) is 6.91. The summed E-state index contributed by atoms with van der Waals surface area (Å²) < 4.78 is 8.64. The van der Waals surface area contributed by atoms with Crippen LogP contribution in [-0.4, -0.2) is 11.6 Å². The molecule has 0 radical (unpaired) electrons. The van der Waals surface area contributed by atoms with Crippen LogP contribution in [0.1, 0.15) is 0 Å². The predicted molar refractivity (Wildman–Crippen MR) is 193 cm³/mol. The molecule has 0 spiro atoms. The molecule has 0 aliphatic heterocycles. The molecule has 7 aromatic carbocycles. The fourth-order valence-corrected chi connectivity index (χ4v) is 6.91. The van der Waals surface area contributed by atoms with Crippen molar-refractivity contribution in [2.24, 2.45) is 0 Å². The van der Waals surface area contributed by atoms with Gasteiger partial charge >= 0.3 is 0 Å². The van der Waals surface area contributed by atoms with Gasteiger partial charge in [0, 0.05) is 57.3 Å². The Morgan fingerprint density at radius 2 is 1.11 bits per heavy atom. The first-order chi connectivity index (χ1) is 22.7. The minimum atomic E-state index is 0.908. The Hall–Kier alpha value is -6.06. The van der Waals surface area contributed by atoms with Crippen molar-refractivity contribution >= 4 is 55.1 Å². The number of fused-ring (bicyclic) bond motifs is 6. The van der Waals surface area contributed by atoms with Gasteiger partial charge in [0.1, 0.15) is 11.2 Å². The number of rotatable bonds is 5. The third-order valence-electron chi connectivity index (χ3n) is 9.23. The number of hydrogen-bond acceptors (Lipinski definition) is 2. The van der Waals surface area contributed by atoms with Gasteiger partial charge in [-0.05, 0) is 65.2 Å². The minimum absolute atomic E-state index is 0.908. The van der Waals surface area contributed by atoms with Crippen molar-refractivity contribution < 1.29 is 4.42 Å². The van der Waals surface area contributed by atoms with Crippen LogP contribution in [0, 0.1) is 0 Å². The zero-order valence-corrected chi connectivity index (χ0v) is 25.4. The molecule has 218 valence electrons. The average Bonchev–Trinajstić information content (AvgIpc) is 3.65. The molecule has 0 N–H and O–H groups in total. The summed E-state index contributed by atoms with van der Waals surface area (Å²) in [5, 5.41) is 4.77. The van der Waals surface area contributed by atoms with Crippen molar-refractivity contribution in [1.82, 2.24) is 4.57 Å². The van der Waals surface area contributed by atoms with Gasteiger partial charge in [-0.15, -0.1) is 0 Å². The van der Waals surface area contributed by atoms with Crippen LogP contribution in [0.3, 0.4) is 0 Å². The van der Waals surface area contributed by atoms with Gasteiger partial charge < -0.3 is 13.9 Å². The zero-order valence-electron chi connectivity index (χ0n) is 25.4. The molecule has 9 aromatic rings. The highest BCUT2D eigenvalue weighted by Crippen LogP contribution is 2.39. The van der Waals surface area contributed by atoms with E-state index in [4.69, 9.17) is 4.42 Å². The first-order valence-electron chi connectivity index (χ1n) is 15.7. The number of anilines is 2. The summed E-state index contributed by atoms with van der Waals surface area (Å²) >= 11 is 0. The molecule has 0 atom stereocenters. The van der Waals surface area contributed by atoms with Crippen molar-refractivity contribution in [3.05, 3.63) is 164 Å². The summed E-state index contributed by atoms with van der Waals surface area (Å²) in [5.41, 5.74) is 12.4. The van der Waals surface area contributed by atoms with Crippen LogP contribution < -0.4 is 4.90 Å². The number of benzene rings is 7. The van der Waals surface area contributed by atoms with E-state index >= 15 is 0 Å². The van der Waals surface area contributed by atoms with Crippen LogP contribution in [0.2, 0.25) is 0 Å². The molecule has 0 amide bonds. The van der Waals surface area contributed by atoms with E-state index in [1.807, 2.05) is 12.1 Å². The molecule has 3 heteroatoms. The molecule has 0 bridgehead atoms. The second-order valence-electron chi connectivity index (χ2n) is 11.9. The Morgan fingerprint density at radius 1 is 0.457 bits per heavy atom. The molecule has 9 rings (SSSR count). The Labute approximate surface area is 267 Å². The van der Waals surface area contributed by atoms with Gasteiger partial charge in [-0.3, -0.25) is 0 Å². The molecular weight excluding hydrogens is 560 g/mol. The second kappa shape index (κ2) is 10.5. The fraction of sp³-hybridized carbons (Fsp3) is 0.0233. The number of aromatic nitrogens is 1. The summed E-state index contributed by atoms with van der Waals surface area (Å²) in [6.45, 7) is 0. The Balaban J connectivity index is 1.07. The van der Waals surface area contributed by atoms with E-state index < -0.39 is 0 Å². The molecule has 0 aliphatic carbocycles. The number of hydrogen-bond donors (Lipinski definition) is 0. The van der Waals surface area contributed by atoms with Crippen LogP contribution in [0.25, 0.3) is 71.7 Å². The van der Waals surface area contributed by atoms with Crippen molar-refractivity contribution in [2.75, 3.05) is 11.9 Å². The molecule has 0 saturated heterocycles. The van der Waals surface area contributed by atoms with Gasteiger partial charge in [-0.2, -0.15) is 0 Å². The Bertz CT molecular complexity index is 2520. The molecular formula is C43H30N2O. The zero-order chi connectivity index (χ0) is 30.6. The molecule has 2 heterocycles. The van der Waals surface area contributed by atoms with E-state index in [1.165, 1.54) is 44.2 Å². The summed E-state index contributed by atoms with van der Waals surface area (Å²) in [4.78, 5) is 2.26. The first-order valence-corrected chi connectivity index (χ1v) is 15.7. The molecule has 3 nitrogen and oxygen atoms in total. The van der Waals surface area contributed by atoms with Crippen molar-refractivity contribution in [2.45, 2.75) is 0 Å². The highest BCUT2D eigenvalue weighted by Gasteiger charge is 2.16. The highest BCUT2D eigenvalue weighted by atomic mass is 16.3. The van der Waals surface area contributed by atoms with Gasteiger partial charge in [-0.25, -0.2) is 0 Å². The SMILES string of the molecule is CN(c1ccc(-c2ccc(-n3c4ccccc4c4cc5c(cc43)oc3ccccc35)cc2)cc1)c1ccccc1-c1ccccc1. The summed E-state index contributed by atoms with van der Waals surface area (Å²) in [6, 6.07) is 58.3. The summed E-state index contributed by atoms with van der Waals surface area (Å²) in [5.74, 6) is 0. The maximum absolute atomic E-state index is 6.29. The molecule has 46 heavy (non-hydrogen) atoms. The summed E-state index contributed by atoms with van der Waals surface area (Å²) in [7, 11) is 2.14. The van der Waals surface area contributed by atoms with E-state index in [-0.39, 0.29) is 0 Å². The molecule has 0 aliphatic rings. The number of nitrogens with zero attached hydrogens (tertiary/aromatic N) is 2. The molecule has 2 aromatic heterocycles.